The van der Waals surface area contributed by atoms with Gasteiger partial charge in [-0.05, 0) is 35.7 Å². The fourth-order valence-electron chi connectivity index (χ4n) is 4.02. The summed E-state index contributed by atoms with van der Waals surface area (Å²) in [7, 11) is 0. The van der Waals surface area contributed by atoms with Crippen molar-refractivity contribution in [1.29, 1.82) is 0 Å². The maximum absolute atomic E-state index is 10.5. The Bertz CT molecular complexity index is 1190. The molecule has 8 heteroatoms. The van der Waals surface area contributed by atoms with Crippen molar-refractivity contribution >= 4 is 38.9 Å². The summed E-state index contributed by atoms with van der Waals surface area (Å²) in [5.41, 5.74) is 3.62. The zero-order valence-corrected chi connectivity index (χ0v) is 19.1. The van der Waals surface area contributed by atoms with E-state index in [0.29, 0.717) is 12.3 Å². The number of nitrogens with zero attached hydrogens (tertiary/aromatic N) is 3. The van der Waals surface area contributed by atoms with Gasteiger partial charge in [0.2, 0.25) is 0 Å². The van der Waals surface area contributed by atoms with Gasteiger partial charge in [0.25, 0.3) is 0 Å². The highest BCUT2D eigenvalue weighted by Gasteiger charge is 2.21. The van der Waals surface area contributed by atoms with E-state index in [2.05, 4.69) is 21.0 Å². The van der Waals surface area contributed by atoms with Crippen LogP contribution in [0.15, 0.2) is 64.5 Å². The van der Waals surface area contributed by atoms with E-state index in [0.717, 1.165) is 58.4 Å². The number of thiophene rings is 1. The van der Waals surface area contributed by atoms with Crippen molar-refractivity contribution in [1.82, 2.24) is 10.1 Å². The molecule has 3 heterocycles. The van der Waals surface area contributed by atoms with Crippen molar-refractivity contribution in [2.24, 2.45) is 0 Å². The Hall–Kier alpha value is -2.58. The molecule has 0 aliphatic carbocycles. The molecule has 4 aromatic rings. The molecule has 0 unspecified atom stereocenters. The van der Waals surface area contributed by atoms with Gasteiger partial charge >= 0.3 is 0 Å². The van der Waals surface area contributed by atoms with Gasteiger partial charge < -0.3 is 19.3 Å². The molecule has 1 atom stereocenters. The lowest BCUT2D eigenvalue weighted by molar-refractivity contribution is 0.0663. The fraction of sp³-hybridized carbons (Fsp3) is 0.292. The molecule has 32 heavy (non-hydrogen) atoms. The molecule has 0 radical (unpaired) electrons. The summed E-state index contributed by atoms with van der Waals surface area (Å²) in [6.07, 6.45) is -0.568. The molecule has 1 fully saturated rings. The molecule has 1 saturated heterocycles. The SMILES string of the molecule is O[C@@H](COc1cccc(-c2noc3ccsc23)c1)CN1CCN(c2ccccc2Cl)CC1. The molecular weight excluding hydrogens is 446 g/mol. The summed E-state index contributed by atoms with van der Waals surface area (Å²) in [5, 5.41) is 17.5. The van der Waals surface area contributed by atoms with Crippen molar-refractivity contribution in [3.8, 4) is 17.0 Å². The van der Waals surface area contributed by atoms with E-state index < -0.39 is 6.10 Å². The molecule has 5 rings (SSSR count). The number of fused-ring (bicyclic) bond motifs is 1. The van der Waals surface area contributed by atoms with Gasteiger partial charge in [-0.15, -0.1) is 11.3 Å². The first-order chi connectivity index (χ1) is 15.7. The third kappa shape index (κ3) is 4.61. The highest BCUT2D eigenvalue weighted by molar-refractivity contribution is 7.17. The van der Waals surface area contributed by atoms with Crippen LogP contribution in [0.1, 0.15) is 0 Å². The van der Waals surface area contributed by atoms with Crippen LogP contribution in [-0.4, -0.2) is 60.6 Å². The van der Waals surface area contributed by atoms with Gasteiger partial charge in [-0.2, -0.15) is 0 Å². The topological polar surface area (TPSA) is 62.0 Å². The first-order valence-electron chi connectivity index (χ1n) is 10.6. The summed E-state index contributed by atoms with van der Waals surface area (Å²) < 4.78 is 12.3. The van der Waals surface area contributed by atoms with Crippen LogP contribution in [0.2, 0.25) is 5.02 Å². The third-order valence-electron chi connectivity index (χ3n) is 5.66. The van der Waals surface area contributed by atoms with E-state index in [4.69, 9.17) is 20.9 Å². The number of halogens is 1. The van der Waals surface area contributed by atoms with Gasteiger partial charge in [0.1, 0.15) is 28.9 Å². The number of para-hydroxylation sites is 1. The van der Waals surface area contributed by atoms with Crippen LogP contribution < -0.4 is 9.64 Å². The maximum atomic E-state index is 10.5. The predicted molar refractivity (Wildman–Crippen MR) is 129 cm³/mol. The quantitative estimate of drug-likeness (QED) is 0.420. The molecule has 166 valence electrons. The lowest BCUT2D eigenvalue weighted by Crippen LogP contribution is -2.49. The fourth-order valence-corrected chi connectivity index (χ4v) is 5.09. The van der Waals surface area contributed by atoms with E-state index in [9.17, 15) is 5.11 Å². The summed E-state index contributed by atoms with van der Waals surface area (Å²) >= 11 is 7.93. The van der Waals surface area contributed by atoms with Crippen molar-refractivity contribution in [3.63, 3.8) is 0 Å². The number of β-amino-alcohol motifs (C(OH)–C–C–N with tert-alkyl or cyclic N) is 1. The number of rotatable bonds is 7. The number of aliphatic hydroxyl groups excluding tert-OH is 1. The first-order valence-corrected chi connectivity index (χ1v) is 11.9. The van der Waals surface area contributed by atoms with E-state index >= 15 is 0 Å². The number of benzene rings is 2. The Morgan fingerprint density at radius 1 is 1.09 bits per heavy atom. The number of ether oxygens (including phenoxy) is 1. The number of aromatic nitrogens is 1. The second kappa shape index (κ2) is 9.50. The maximum Gasteiger partial charge on any atom is 0.178 e. The monoisotopic (exact) mass is 469 g/mol. The van der Waals surface area contributed by atoms with E-state index in [1.54, 1.807) is 11.3 Å². The molecule has 6 nitrogen and oxygen atoms in total. The molecule has 1 aliphatic rings. The van der Waals surface area contributed by atoms with Crippen LogP contribution in [0.4, 0.5) is 5.69 Å². The van der Waals surface area contributed by atoms with Crippen LogP contribution in [-0.2, 0) is 0 Å². The Labute approximate surface area is 195 Å². The molecular formula is C24H24ClN3O3S. The molecule has 2 aromatic carbocycles. The Morgan fingerprint density at radius 2 is 1.94 bits per heavy atom. The number of anilines is 1. The summed E-state index contributed by atoms with van der Waals surface area (Å²) in [6, 6.07) is 17.6. The largest absolute Gasteiger partial charge is 0.491 e. The second-order valence-corrected chi connectivity index (χ2v) is 9.20. The van der Waals surface area contributed by atoms with E-state index in [1.165, 1.54) is 0 Å². The number of hydrogen-bond donors (Lipinski definition) is 1. The molecule has 0 amide bonds. The van der Waals surface area contributed by atoms with Crippen LogP contribution >= 0.6 is 22.9 Å². The minimum absolute atomic E-state index is 0.238. The van der Waals surface area contributed by atoms with Crippen molar-refractivity contribution in [3.05, 3.63) is 65.0 Å². The molecule has 1 aliphatic heterocycles. The second-order valence-electron chi connectivity index (χ2n) is 7.88. The predicted octanol–water partition coefficient (Wildman–Crippen LogP) is 4.77. The van der Waals surface area contributed by atoms with Crippen LogP contribution in [0.25, 0.3) is 21.5 Å². The third-order valence-corrected chi connectivity index (χ3v) is 6.89. The van der Waals surface area contributed by atoms with Crippen molar-refractivity contribution < 1.29 is 14.4 Å². The van der Waals surface area contributed by atoms with Crippen LogP contribution in [0.5, 0.6) is 5.75 Å². The minimum atomic E-state index is -0.568. The van der Waals surface area contributed by atoms with Crippen molar-refractivity contribution in [2.45, 2.75) is 6.10 Å². The summed E-state index contributed by atoms with van der Waals surface area (Å²) in [5.74, 6) is 0.706. The van der Waals surface area contributed by atoms with E-state index in [-0.39, 0.29) is 6.61 Å². The summed E-state index contributed by atoms with van der Waals surface area (Å²) in [6.45, 7) is 4.33. The van der Waals surface area contributed by atoms with Gasteiger partial charge in [0.05, 0.1) is 10.7 Å². The minimum Gasteiger partial charge on any atom is -0.491 e. The van der Waals surface area contributed by atoms with Gasteiger partial charge in [-0.25, -0.2) is 0 Å². The lowest BCUT2D eigenvalue weighted by atomic mass is 10.1. The van der Waals surface area contributed by atoms with Gasteiger partial charge in [0.15, 0.2) is 5.58 Å². The average molecular weight is 470 g/mol. The first kappa shape index (κ1) is 21.3. The van der Waals surface area contributed by atoms with Gasteiger partial charge in [-0.3, -0.25) is 4.90 Å². The number of hydrogen-bond acceptors (Lipinski definition) is 7. The average Bonchev–Trinajstić information content (AvgIpc) is 3.43. The Balaban J connectivity index is 1.13. The highest BCUT2D eigenvalue weighted by Crippen LogP contribution is 2.33. The zero-order chi connectivity index (χ0) is 21.9. The number of piperazine rings is 1. The zero-order valence-electron chi connectivity index (χ0n) is 17.5. The molecule has 2 aromatic heterocycles. The highest BCUT2D eigenvalue weighted by atomic mass is 35.5. The van der Waals surface area contributed by atoms with E-state index in [1.807, 2.05) is 53.9 Å². The van der Waals surface area contributed by atoms with Crippen LogP contribution in [0, 0.1) is 0 Å². The normalized spacial score (nSPS) is 15.9. The smallest absolute Gasteiger partial charge is 0.178 e. The molecule has 0 spiro atoms. The molecule has 0 saturated carbocycles. The van der Waals surface area contributed by atoms with Gasteiger partial charge in [0, 0.05) is 38.3 Å². The van der Waals surface area contributed by atoms with Crippen LogP contribution in [0.3, 0.4) is 0 Å². The van der Waals surface area contributed by atoms with Gasteiger partial charge in [-0.1, -0.05) is 41.0 Å². The van der Waals surface area contributed by atoms with Crippen molar-refractivity contribution in [2.75, 3.05) is 44.2 Å². The summed E-state index contributed by atoms with van der Waals surface area (Å²) in [4.78, 5) is 4.56. The molecule has 1 N–H and O–H groups in total. The molecule has 0 bridgehead atoms. The standard InChI is InChI=1S/C24H24ClN3O3S/c25-20-6-1-2-7-21(20)28-11-9-27(10-12-28)15-18(29)16-30-19-5-3-4-17(14-19)23-24-22(31-26-23)8-13-32-24/h1-8,13-14,18,29H,9-12,15-16H2/t18-/m1/s1. The Morgan fingerprint density at radius 3 is 2.78 bits per heavy atom. The number of aliphatic hydroxyl groups is 1. The Kier molecular flexibility index (Phi) is 6.32. The lowest BCUT2D eigenvalue weighted by Gasteiger charge is -2.37.